The summed E-state index contributed by atoms with van der Waals surface area (Å²) in [5, 5.41) is 12.0. The summed E-state index contributed by atoms with van der Waals surface area (Å²) in [5.41, 5.74) is 2.28. The normalized spacial score (nSPS) is 13.8. The van der Waals surface area contributed by atoms with Gasteiger partial charge in [0.05, 0.1) is 0 Å². The Bertz CT molecular complexity index is 765. The van der Waals surface area contributed by atoms with Gasteiger partial charge in [-0.3, -0.25) is 4.79 Å². The van der Waals surface area contributed by atoms with Gasteiger partial charge in [0.2, 0.25) is 0 Å². The topological polar surface area (TPSA) is 86.1 Å². The third kappa shape index (κ3) is 2.12. The Morgan fingerprint density at radius 3 is 2.50 bits per heavy atom. The quantitative estimate of drug-likeness (QED) is 0.864. The molecule has 1 aliphatic carbocycles. The van der Waals surface area contributed by atoms with Gasteiger partial charge in [-0.15, -0.1) is 4.91 Å². The van der Waals surface area contributed by atoms with Gasteiger partial charge >= 0.3 is 0 Å². The molecule has 1 saturated carbocycles. The minimum atomic E-state index is -0.357. The molecule has 0 saturated heterocycles. The number of nitrogens with zero attached hydrogens (tertiary/aromatic N) is 2. The van der Waals surface area contributed by atoms with E-state index in [1.807, 2.05) is 12.1 Å². The van der Waals surface area contributed by atoms with E-state index >= 15 is 0 Å². The van der Waals surface area contributed by atoms with Crippen LogP contribution in [0, 0.1) is 16.2 Å². The first-order valence-electron chi connectivity index (χ1n) is 6.34. The second-order valence-electron chi connectivity index (χ2n) is 4.87. The van der Waals surface area contributed by atoms with Gasteiger partial charge < -0.3 is 4.98 Å². The zero-order valence-electron chi connectivity index (χ0n) is 10.6. The van der Waals surface area contributed by atoms with Crippen LogP contribution in [0.5, 0.6) is 0 Å². The lowest BCUT2D eigenvalue weighted by atomic mass is 10.00. The number of rotatable bonds is 3. The standard InChI is InChI=1S/C15H11N3O2/c16-8-13-12(9-3-5-11(18-20)6-4-9)7-14(10-1-2-10)17-15(13)19/h3-7,10H,1-2H2,(H,17,19). The molecule has 0 bridgehead atoms. The lowest BCUT2D eigenvalue weighted by Gasteiger charge is -2.07. The lowest BCUT2D eigenvalue weighted by Crippen LogP contribution is -2.13. The molecule has 1 fully saturated rings. The Balaban J connectivity index is 2.17. The number of nitriles is 1. The maximum absolute atomic E-state index is 12.0. The molecule has 0 radical (unpaired) electrons. The van der Waals surface area contributed by atoms with E-state index in [4.69, 9.17) is 5.26 Å². The molecule has 98 valence electrons. The largest absolute Gasteiger partial charge is 0.325 e. The SMILES string of the molecule is N#Cc1c(-c2ccc(N=O)cc2)cc(C2CC2)[nH]c1=O. The zero-order chi connectivity index (χ0) is 14.1. The Kier molecular flexibility index (Phi) is 2.92. The van der Waals surface area contributed by atoms with Gasteiger partial charge in [0, 0.05) is 11.3 Å². The molecular weight excluding hydrogens is 254 g/mol. The molecule has 1 aliphatic rings. The van der Waals surface area contributed by atoms with Crippen molar-refractivity contribution >= 4 is 5.69 Å². The van der Waals surface area contributed by atoms with Crippen LogP contribution in [-0.2, 0) is 0 Å². The van der Waals surface area contributed by atoms with E-state index < -0.39 is 0 Å². The molecule has 20 heavy (non-hydrogen) atoms. The summed E-state index contributed by atoms with van der Waals surface area (Å²) in [5.74, 6) is 0.394. The van der Waals surface area contributed by atoms with E-state index in [9.17, 15) is 9.70 Å². The van der Waals surface area contributed by atoms with Gasteiger partial charge in [0.15, 0.2) is 0 Å². The van der Waals surface area contributed by atoms with E-state index in [1.54, 1.807) is 24.3 Å². The monoisotopic (exact) mass is 265 g/mol. The maximum atomic E-state index is 12.0. The summed E-state index contributed by atoms with van der Waals surface area (Å²) in [6.07, 6.45) is 2.13. The third-order valence-corrected chi connectivity index (χ3v) is 3.47. The van der Waals surface area contributed by atoms with Crippen molar-refractivity contribution in [2.24, 2.45) is 5.18 Å². The van der Waals surface area contributed by atoms with E-state index in [0.717, 1.165) is 24.1 Å². The number of aromatic nitrogens is 1. The summed E-state index contributed by atoms with van der Waals surface area (Å²) in [7, 11) is 0. The fourth-order valence-corrected chi connectivity index (χ4v) is 2.23. The summed E-state index contributed by atoms with van der Waals surface area (Å²) in [6.45, 7) is 0. The Morgan fingerprint density at radius 2 is 1.95 bits per heavy atom. The molecule has 3 rings (SSSR count). The van der Waals surface area contributed by atoms with Crippen LogP contribution in [0.3, 0.4) is 0 Å². The fraction of sp³-hybridized carbons (Fsp3) is 0.200. The first-order chi connectivity index (χ1) is 9.72. The van der Waals surface area contributed by atoms with Crippen molar-refractivity contribution < 1.29 is 0 Å². The molecule has 0 unspecified atom stereocenters. The smallest absolute Gasteiger partial charge is 0.266 e. The number of aromatic amines is 1. The average Bonchev–Trinajstić information content (AvgIpc) is 3.31. The summed E-state index contributed by atoms with van der Waals surface area (Å²) in [4.78, 5) is 25.2. The van der Waals surface area contributed by atoms with Gasteiger partial charge in [0.1, 0.15) is 17.3 Å². The second kappa shape index (κ2) is 4.74. The molecule has 0 spiro atoms. The number of benzene rings is 1. The minimum absolute atomic E-state index is 0.0983. The fourth-order valence-electron chi connectivity index (χ4n) is 2.23. The Hall–Kier alpha value is -2.74. The van der Waals surface area contributed by atoms with Gasteiger partial charge in [0.25, 0.3) is 5.56 Å². The molecule has 1 heterocycles. The van der Waals surface area contributed by atoms with E-state index in [-0.39, 0.29) is 11.1 Å². The first kappa shape index (κ1) is 12.3. The highest BCUT2D eigenvalue weighted by atomic mass is 16.3. The van der Waals surface area contributed by atoms with Gasteiger partial charge in [-0.2, -0.15) is 5.26 Å². The van der Waals surface area contributed by atoms with Crippen LogP contribution in [0.2, 0.25) is 0 Å². The Morgan fingerprint density at radius 1 is 1.25 bits per heavy atom. The van der Waals surface area contributed by atoms with Crippen molar-refractivity contribution in [1.29, 1.82) is 5.26 Å². The van der Waals surface area contributed by atoms with Crippen molar-refractivity contribution in [3.63, 3.8) is 0 Å². The van der Waals surface area contributed by atoms with Crippen LogP contribution in [0.1, 0.15) is 30.0 Å². The molecular formula is C15H11N3O2. The molecule has 1 aromatic carbocycles. The third-order valence-electron chi connectivity index (χ3n) is 3.47. The van der Waals surface area contributed by atoms with Crippen molar-refractivity contribution in [3.05, 3.63) is 56.9 Å². The predicted octanol–water partition coefficient (Wildman–Crippen LogP) is 3.19. The number of H-pyrrole nitrogens is 1. The molecule has 0 aliphatic heterocycles. The van der Waals surface area contributed by atoms with Crippen molar-refractivity contribution in [3.8, 4) is 17.2 Å². The Labute approximate surface area is 114 Å². The van der Waals surface area contributed by atoms with Crippen LogP contribution in [-0.4, -0.2) is 4.98 Å². The van der Waals surface area contributed by atoms with Crippen molar-refractivity contribution in [2.75, 3.05) is 0 Å². The van der Waals surface area contributed by atoms with Crippen LogP contribution < -0.4 is 5.56 Å². The maximum Gasteiger partial charge on any atom is 0.266 e. The van der Waals surface area contributed by atoms with Crippen molar-refractivity contribution in [1.82, 2.24) is 4.98 Å². The first-order valence-corrected chi connectivity index (χ1v) is 6.34. The lowest BCUT2D eigenvalue weighted by molar-refractivity contribution is 0.996. The summed E-state index contributed by atoms with van der Waals surface area (Å²) in [6, 6.07) is 10.3. The second-order valence-corrected chi connectivity index (χ2v) is 4.87. The average molecular weight is 265 g/mol. The molecule has 5 heteroatoms. The van der Waals surface area contributed by atoms with Gasteiger partial charge in [-0.25, -0.2) is 0 Å². The number of nitroso groups, excluding NO2 is 1. The van der Waals surface area contributed by atoms with E-state index in [1.165, 1.54) is 0 Å². The molecule has 1 aromatic heterocycles. The summed E-state index contributed by atoms with van der Waals surface area (Å²) < 4.78 is 0. The zero-order valence-corrected chi connectivity index (χ0v) is 10.6. The number of hydrogen-bond donors (Lipinski definition) is 1. The van der Waals surface area contributed by atoms with Crippen LogP contribution in [0.25, 0.3) is 11.1 Å². The molecule has 1 N–H and O–H groups in total. The number of pyridine rings is 1. The number of hydrogen-bond acceptors (Lipinski definition) is 4. The highest BCUT2D eigenvalue weighted by molar-refractivity contribution is 5.71. The minimum Gasteiger partial charge on any atom is -0.325 e. The van der Waals surface area contributed by atoms with Crippen LogP contribution in [0.15, 0.2) is 40.3 Å². The molecule has 0 amide bonds. The van der Waals surface area contributed by atoms with Gasteiger partial charge in [-0.05, 0) is 47.7 Å². The van der Waals surface area contributed by atoms with E-state index in [2.05, 4.69) is 10.2 Å². The molecule has 0 atom stereocenters. The molecule has 2 aromatic rings. The van der Waals surface area contributed by atoms with E-state index in [0.29, 0.717) is 17.2 Å². The van der Waals surface area contributed by atoms with Crippen LogP contribution in [0.4, 0.5) is 5.69 Å². The van der Waals surface area contributed by atoms with Crippen molar-refractivity contribution in [2.45, 2.75) is 18.8 Å². The highest BCUT2D eigenvalue weighted by Crippen LogP contribution is 2.40. The molecule has 5 nitrogen and oxygen atoms in total. The highest BCUT2D eigenvalue weighted by Gasteiger charge is 2.26. The predicted molar refractivity (Wildman–Crippen MR) is 74.6 cm³/mol. The van der Waals surface area contributed by atoms with Gasteiger partial charge in [-0.1, -0.05) is 12.1 Å². The van der Waals surface area contributed by atoms with Crippen LogP contribution >= 0.6 is 0 Å². The summed E-state index contributed by atoms with van der Waals surface area (Å²) >= 11 is 0. The number of nitrogens with one attached hydrogen (secondary N) is 1.